The summed E-state index contributed by atoms with van der Waals surface area (Å²) >= 11 is 0. The molecule has 0 amide bonds. The molecule has 20 heavy (non-hydrogen) atoms. The Morgan fingerprint density at radius 3 is 2.50 bits per heavy atom. The number of rotatable bonds is 3. The van der Waals surface area contributed by atoms with E-state index < -0.39 is 0 Å². The van der Waals surface area contributed by atoms with Crippen LogP contribution in [0.15, 0.2) is 34.9 Å². The molecule has 0 aliphatic heterocycles. The summed E-state index contributed by atoms with van der Waals surface area (Å²) in [4.78, 5) is 12.3. The monoisotopic (exact) mass is 270 g/mol. The van der Waals surface area contributed by atoms with Crippen LogP contribution in [0.2, 0.25) is 0 Å². The normalized spacial score (nSPS) is 27.1. The highest BCUT2D eigenvalue weighted by molar-refractivity contribution is 5.98. The topological polar surface area (TPSA) is 17.1 Å². The minimum atomic E-state index is -0.142. The smallest absolute Gasteiger partial charge is 0.160 e. The molecule has 0 spiro atoms. The van der Waals surface area contributed by atoms with Crippen molar-refractivity contribution in [3.8, 4) is 12.3 Å². The first kappa shape index (κ1) is 16.5. The van der Waals surface area contributed by atoms with Gasteiger partial charge in [0.25, 0.3) is 0 Å². The molecule has 0 N–H and O–H groups in total. The van der Waals surface area contributed by atoms with Gasteiger partial charge in [0.1, 0.15) is 0 Å². The number of allylic oxidation sites excluding steroid dienone is 6. The first-order valence-electron chi connectivity index (χ1n) is 7.18. The zero-order valence-corrected chi connectivity index (χ0v) is 13.6. The lowest BCUT2D eigenvalue weighted by Crippen LogP contribution is -2.41. The van der Waals surface area contributed by atoms with Crippen molar-refractivity contribution in [1.82, 2.24) is 0 Å². The van der Waals surface area contributed by atoms with Crippen molar-refractivity contribution >= 4 is 5.78 Å². The second-order valence-corrected chi connectivity index (χ2v) is 6.54. The molecule has 0 saturated carbocycles. The van der Waals surface area contributed by atoms with Gasteiger partial charge < -0.3 is 0 Å². The summed E-state index contributed by atoms with van der Waals surface area (Å²) < 4.78 is 0. The third-order valence-electron chi connectivity index (χ3n) is 4.99. The molecule has 0 aromatic heterocycles. The summed E-state index contributed by atoms with van der Waals surface area (Å²) in [6.07, 6.45) is 12.9. The van der Waals surface area contributed by atoms with Crippen LogP contribution in [0, 0.1) is 23.2 Å². The van der Waals surface area contributed by atoms with Crippen LogP contribution in [0.4, 0.5) is 0 Å². The molecule has 1 aliphatic carbocycles. The van der Waals surface area contributed by atoms with E-state index >= 15 is 0 Å². The van der Waals surface area contributed by atoms with E-state index in [0.29, 0.717) is 12.8 Å². The van der Waals surface area contributed by atoms with E-state index in [0.717, 1.165) is 11.1 Å². The Kier molecular flexibility index (Phi) is 4.81. The van der Waals surface area contributed by atoms with Crippen molar-refractivity contribution in [2.45, 2.75) is 54.4 Å². The summed E-state index contributed by atoms with van der Waals surface area (Å²) in [5, 5.41) is 0. The summed E-state index contributed by atoms with van der Waals surface area (Å²) in [7, 11) is 0. The van der Waals surface area contributed by atoms with Gasteiger partial charge in [-0.1, -0.05) is 50.1 Å². The number of terminal acetylenes is 1. The number of Topliss-reactive ketones (excluding diaryl/α,β-unsaturated/α-hetero) is 1. The van der Waals surface area contributed by atoms with Crippen LogP contribution < -0.4 is 0 Å². The Labute approximate surface area is 123 Å². The Balaban J connectivity index is 3.42. The van der Waals surface area contributed by atoms with Crippen LogP contribution in [0.1, 0.15) is 54.4 Å². The number of carbonyl (C=O) groups is 1. The molecule has 1 nitrogen and oxygen atoms in total. The van der Waals surface area contributed by atoms with Crippen LogP contribution >= 0.6 is 0 Å². The lowest BCUT2D eigenvalue weighted by Gasteiger charge is -2.47. The third-order valence-corrected chi connectivity index (χ3v) is 4.99. The maximum absolute atomic E-state index is 12.3. The van der Waals surface area contributed by atoms with E-state index in [1.165, 1.54) is 5.57 Å². The van der Waals surface area contributed by atoms with Gasteiger partial charge in [-0.15, -0.1) is 12.3 Å². The fraction of sp³-hybridized carbons (Fsp3) is 0.526. The average Bonchev–Trinajstić information content (AvgIpc) is 2.38. The summed E-state index contributed by atoms with van der Waals surface area (Å²) in [5.74, 6) is 2.83. The van der Waals surface area contributed by atoms with Crippen LogP contribution in [-0.4, -0.2) is 5.78 Å². The molecule has 0 unspecified atom stereocenters. The highest BCUT2D eigenvalue weighted by Crippen LogP contribution is 2.53. The average molecular weight is 270 g/mol. The minimum absolute atomic E-state index is 0.100. The molecule has 1 rings (SSSR count). The van der Waals surface area contributed by atoms with E-state index in [1.54, 1.807) is 0 Å². The van der Waals surface area contributed by atoms with E-state index in [-0.39, 0.29) is 16.6 Å². The first-order chi connectivity index (χ1) is 9.19. The standard InChI is InChI=1S/C19H26O/c1-8-10-16-15(4)19(7,12-11-14(3)9-2)18(5,6)13-17(16)20/h1,9,11-12H,10,13H2,2-7H3/b12-11+,14-9-/t19-/m0/s1. The van der Waals surface area contributed by atoms with Gasteiger partial charge in [-0.05, 0) is 26.2 Å². The van der Waals surface area contributed by atoms with Gasteiger partial charge in [-0.2, -0.15) is 0 Å². The van der Waals surface area contributed by atoms with Crippen LogP contribution in [0.25, 0.3) is 0 Å². The molecule has 1 heteroatoms. The fourth-order valence-electron chi connectivity index (χ4n) is 2.80. The van der Waals surface area contributed by atoms with E-state index in [4.69, 9.17) is 6.42 Å². The maximum atomic E-state index is 12.3. The SMILES string of the molecule is C#CCC1=C(C)[C@](C)(/C=C/C(C)=C\C)C(C)(C)CC1=O. The molecule has 1 aliphatic rings. The Morgan fingerprint density at radius 1 is 1.40 bits per heavy atom. The van der Waals surface area contributed by atoms with Crippen molar-refractivity contribution in [3.63, 3.8) is 0 Å². The predicted octanol–water partition coefficient (Wildman–Crippen LogP) is 4.85. The molecule has 0 bridgehead atoms. The van der Waals surface area contributed by atoms with Crippen molar-refractivity contribution in [3.05, 3.63) is 34.9 Å². The predicted molar refractivity (Wildman–Crippen MR) is 86.2 cm³/mol. The van der Waals surface area contributed by atoms with Crippen LogP contribution in [0.5, 0.6) is 0 Å². The van der Waals surface area contributed by atoms with Gasteiger partial charge in [0, 0.05) is 23.8 Å². The van der Waals surface area contributed by atoms with Gasteiger partial charge in [0.2, 0.25) is 0 Å². The van der Waals surface area contributed by atoms with E-state index in [9.17, 15) is 4.79 Å². The van der Waals surface area contributed by atoms with Crippen LogP contribution in [0.3, 0.4) is 0 Å². The molecule has 0 heterocycles. The van der Waals surface area contributed by atoms with Crippen molar-refractivity contribution in [1.29, 1.82) is 0 Å². The second-order valence-electron chi connectivity index (χ2n) is 6.54. The number of hydrogen-bond donors (Lipinski definition) is 0. The van der Waals surface area contributed by atoms with E-state index in [2.05, 4.69) is 58.8 Å². The Hall–Kier alpha value is -1.55. The molecular formula is C19H26O. The number of hydrogen-bond acceptors (Lipinski definition) is 1. The summed E-state index contributed by atoms with van der Waals surface area (Å²) in [5.41, 5.74) is 2.94. The van der Waals surface area contributed by atoms with Gasteiger partial charge in [0.15, 0.2) is 5.78 Å². The highest BCUT2D eigenvalue weighted by atomic mass is 16.1. The maximum Gasteiger partial charge on any atom is 0.160 e. The van der Waals surface area contributed by atoms with Gasteiger partial charge >= 0.3 is 0 Å². The molecule has 0 radical (unpaired) electrons. The van der Waals surface area contributed by atoms with Crippen molar-refractivity contribution < 1.29 is 4.79 Å². The molecule has 0 fully saturated rings. The van der Waals surface area contributed by atoms with Gasteiger partial charge in [-0.25, -0.2) is 0 Å². The fourth-order valence-corrected chi connectivity index (χ4v) is 2.80. The van der Waals surface area contributed by atoms with E-state index in [1.807, 2.05) is 6.92 Å². The summed E-state index contributed by atoms with van der Waals surface area (Å²) in [6, 6.07) is 0. The van der Waals surface area contributed by atoms with Crippen molar-refractivity contribution in [2.75, 3.05) is 0 Å². The highest BCUT2D eigenvalue weighted by Gasteiger charge is 2.46. The quantitative estimate of drug-likeness (QED) is 0.529. The van der Waals surface area contributed by atoms with Crippen LogP contribution in [-0.2, 0) is 4.79 Å². The number of carbonyl (C=O) groups excluding carboxylic acids is 1. The Bertz CT molecular complexity index is 535. The molecule has 0 saturated heterocycles. The second kappa shape index (κ2) is 5.83. The molecular weight excluding hydrogens is 244 g/mol. The molecule has 0 aromatic carbocycles. The zero-order valence-electron chi connectivity index (χ0n) is 13.6. The third kappa shape index (κ3) is 2.80. The van der Waals surface area contributed by atoms with Crippen molar-refractivity contribution in [2.24, 2.45) is 10.8 Å². The largest absolute Gasteiger partial charge is 0.294 e. The minimum Gasteiger partial charge on any atom is -0.294 e. The lowest BCUT2D eigenvalue weighted by atomic mass is 9.56. The summed E-state index contributed by atoms with van der Waals surface area (Å²) in [6.45, 7) is 12.7. The first-order valence-corrected chi connectivity index (χ1v) is 7.18. The van der Waals surface area contributed by atoms with Gasteiger partial charge in [-0.3, -0.25) is 4.79 Å². The lowest BCUT2D eigenvalue weighted by molar-refractivity contribution is -0.119. The molecule has 108 valence electrons. The molecule has 0 aromatic rings. The van der Waals surface area contributed by atoms with Gasteiger partial charge in [0.05, 0.1) is 0 Å². The zero-order chi connectivity index (χ0) is 15.6. The number of ketones is 1. The molecule has 1 atom stereocenters. The Morgan fingerprint density at radius 2 is 2.00 bits per heavy atom.